The lowest BCUT2D eigenvalue weighted by atomic mass is 10.1. The highest BCUT2D eigenvalue weighted by atomic mass is 16.5. The zero-order valence-electron chi connectivity index (χ0n) is 17.0. The summed E-state index contributed by atoms with van der Waals surface area (Å²) in [5.74, 6) is 1.23. The Bertz CT molecular complexity index is 612. The van der Waals surface area contributed by atoms with Gasteiger partial charge in [0.25, 0.3) is 0 Å². The molecule has 2 aliphatic rings. The van der Waals surface area contributed by atoms with Gasteiger partial charge >= 0.3 is 0 Å². The molecule has 150 valence electrons. The zero-order chi connectivity index (χ0) is 19.1. The van der Waals surface area contributed by atoms with Crippen molar-refractivity contribution in [2.45, 2.75) is 58.5 Å². The molecule has 1 aromatic rings. The maximum atomic E-state index is 12.3. The van der Waals surface area contributed by atoms with E-state index in [2.05, 4.69) is 47.2 Å². The van der Waals surface area contributed by atoms with Crippen LogP contribution in [0, 0.1) is 0 Å². The maximum Gasteiger partial charge on any atom is 0.234 e. The minimum atomic E-state index is 0.172. The number of rotatable bonds is 9. The molecule has 0 spiro atoms. The molecular weight excluding hydrogens is 338 g/mol. The predicted molar refractivity (Wildman–Crippen MR) is 109 cm³/mol. The average Bonchev–Trinajstić information content (AvgIpc) is 3.11. The van der Waals surface area contributed by atoms with Crippen molar-refractivity contribution in [2.75, 3.05) is 39.3 Å². The second kappa shape index (κ2) is 10.1. The van der Waals surface area contributed by atoms with E-state index in [0.717, 1.165) is 57.9 Å². The van der Waals surface area contributed by atoms with Gasteiger partial charge in [0, 0.05) is 45.2 Å². The third-order valence-electron chi connectivity index (χ3n) is 5.64. The number of nitrogens with one attached hydrogen (secondary N) is 1. The first-order valence-electron chi connectivity index (χ1n) is 10.6. The largest absolute Gasteiger partial charge is 0.493 e. The van der Waals surface area contributed by atoms with Gasteiger partial charge in [-0.1, -0.05) is 38.3 Å². The van der Waals surface area contributed by atoms with Gasteiger partial charge < -0.3 is 10.1 Å². The molecule has 5 heteroatoms. The monoisotopic (exact) mass is 373 g/mol. The Kier molecular flexibility index (Phi) is 7.53. The third kappa shape index (κ3) is 6.22. The van der Waals surface area contributed by atoms with Gasteiger partial charge in [-0.2, -0.15) is 0 Å². The summed E-state index contributed by atoms with van der Waals surface area (Å²) in [5.41, 5.74) is 2.71. The summed E-state index contributed by atoms with van der Waals surface area (Å²) < 4.78 is 5.59. The van der Waals surface area contributed by atoms with Crippen LogP contribution in [0.3, 0.4) is 0 Å². The Balaban J connectivity index is 1.35. The van der Waals surface area contributed by atoms with Crippen LogP contribution in [-0.2, 0) is 17.8 Å². The summed E-state index contributed by atoms with van der Waals surface area (Å²) in [4.78, 5) is 17.0. The molecule has 0 aromatic heterocycles. The lowest BCUT2D eigenvalue weighted by molar-refractivity contribution is -0.123. The molecule has 27 heavy (non-hydrogen) atoms. The summed E-state index contributed by atoms with van der Waals surface area (Å²) in [6.45, 7) is 10.6. The molecular formula is C22H35N3O2. The fourth-order valence-corrected chi connectivity index (χ4v) is 4.00. The van der Waals surface area contributed by atoms with Crippen molar-refractivity contribution in [3.63, 3.8) is 0 Å². The minimum absolute atomic E-state index is 0.172. The smallest absolute Gasteiger partial charge is 0.234 e. The maximum absolute atomic E-state index is 12.3. The van der Waals surface area contributed by atoms with Crippen LogP contribution < -0.4 is 10.1 Å². The van der Waals surface area contributed by atoms with E-state index >= 15 is 0 Å². The number of ether oxygens (including phenoxy) is 1. The number of carbonyl (C=O) groups excluding carboxylic acids is 1. The molecule has 1 fully saturated rings. The van der Waals surface area contributed by atoms with Crippen LogP contribution in [0.15, 0.2) is 18.2 Å². The van der Waals surface area contributed by atoms with Gasteiger partial charge in [0.1, 0.15) is 5.75 Å². The Morgan fingerprint density at radius 1 is 1.19 bits per heavy atom. The zero-order valence-corrected chi connectivity index (χ0v) is 17.0. The number of unbranched alkanes of at least 4 members (excludes halogenated alkanes) is 2. The molecule has 1 amide bonds. The third-order valence-corrected chi connectivity index (χ3v) is 5.64. The second-order valence-corrected chi connectivity index (χ2v) is 8.06. The van der Waals surface area contributed by atoms with Crippen molar-refractivity contribution in [3.05, 3.63) is 29.3 Å². The number of fused-ring (bicyclic) bond motifs is 1. The van der Waals surface area contributed by atoms with Crippen molar-refractivity contribution in [1.82, 2.24) is 15.1 Å². The van der Waals surface area contributed by atoms with Gasteiger partial charge in [0.15, 0.2) is 0 Å². The van der Waals surface area contributed by atoms with Crippen LogP contribution in [0.1, 0.15) is 50.7 Å². The molecule has 1 saturated heterocycles. The second-order valence-electron chi connectivity index (χ2n) is 8.06. The number of hydrogen-bond donors (Lipinski definition) is 1. The first-order valence-corrected chi connectivity index (χ1v) is 10.6. The fourth-order valence-electron chi connectivity index (χ4n) is 4.00. The van der Waals surface area contributed by atoms with E-state index in [9.17, 15) is 4.79 Å². The van der Waals surface area contributed by atoms with Gasteiger partial charge in [-0.25, -0.2) is 0 Å². The van der Waals surface area contributed by atoms with Gasteiger partial charge in [-0.3, -0.25) is 14.6 Å². The lowest BCUT2D eigenvalue weighted by Gasteiger charge is -2.34. The quantitative estimate of drug-likeness (QED) is 0.676. The Hall–Kier alpha value is -1.59. The number of amides is 1. The normalized spacial score (nSPS) is 18.7. The highest BCUT2D eigenvalue weighted by Crippen LogP contribution is 2.26. The minimum Gasteiger partial charge on any atom is -0.493 e. The van der Waals surface area contributed by atoms with E-state index in [1.807, 2.05) is 0 Å². The number of carbonyl (C=O) groups is 1. The van der Waals surface area contributed by atoms with Crippen LogP contribution >= 0.6 is 0 Å². The predicted octanol–water partition coefficient (Wildman–Crippen LogP) is 2.82. The number of hydrogen-bond acceptors (Lipinski definition) is 4. The van der Waals surface area contributed by atoms with Gasteiger partial charge in [0.2, 0.25) is 5.91 Å². The molecule has 0 saturated carbocycles. The Morgan fingerprint density at radius 3 is 2.74 bits per heavy atom. The molecule has 2 aliphatic heterocycles. The summed E-state index contributed by atoms with van der Waals surface area (Å²) >= 11 is 0. The van der Waals surface area contributed by atoms with Crippen molar-refractivity contribution < 1.29 is 9.53 Å². The van der Waals surface area contributed by atoms with Crippen LogP contribution in [-0.4, -0.2) is 61.1 Å². The molecule has 1 atom stereocenters. The van der Waals surface area contributed by atoms with Crippen molar-refractivity contribution in [3.8, 4) is 5.75 Å². The van der Waals surface area contributed by atoms with E-state index < -0.39 is 0 Å². The number of nitrogens with zero attached hydrogens (tertiary/aromatic N) is 2. The summed E-state index contributed by atoms with van der Waals surface area (Å²) in [6, 6.07) is 6.88. The first-order chi connectivity index (χ1) is 13.1. The van der Waals surface area contributed by atoms with E-state index in [-0.39, 0.29) is 11.9 Å². The van der Waals surface area contributed by atoms with Crippen LogP contribution in [0.4, 0.5) is 0 Å². The van der Waals surface area contributed by atoms with Crippen LogP contribution in [0.2, 0.25) is 0 Å². The molecule has 0 bridgehead atoms. The Morgan fingerprint density at radius 2 is 1.96 bits per heavy atom. The van der Waals surface area contributed by atoms with Crippen molar-refractivity contribution in [1.29, 1.82) is 0 Å². The SMILES string of the molecule is CCCCCC(C)NC(=O)CN1CCN(Cc2ccc3c(c2)CCO3)CC1. The molecule has 1 N–H and O–H groups in total. The number of benzene rings is 1. The number of piperazine rings is 1. The standard InChI is InChI=1S/C22H35N3O2/c1-3-4-5-6-18(2)23-22(26)17-25-12-10-24(11-13-25)16-19-7-8-21-20(15-19)9-14-27-21/h7-8,15,18H,3-6,9-14,16-17H2,1-2H3,(H,23,26). The molecule has 2 heterocycles. The fraction of sp³-hybridized carbons (Fsp3) is 0.682. The first kappa shape index (κ1) is 20.2. The van der Waals surface area contributed by atoms with Crippen molar-refractivity contribution in [2.24, 2.45) is 0 Å². The molecule has 3 rings (SSSR count). The molecule has 1 unspecified atom stereocenters. The average molecular weight is 374 g/mol. The topological polar surface area (TPSA) is 44.8 Å². The van der Waals surface area contributed by atoms with Gasteiger partial charge in [-0.15, -0.1) is 0 Å². The lowest BCUT2D eigenvalue weighted by Crippen LogP contribution is -2.49. The molecule has 1 aromatic carbocycles. The van der Waals surface area contributed by atoms with Gasteiger partial charge in [0.05, 0.1) is 13.2 Å². The molecule has 0 aliphatic carbocycles. The molecule has 5 nitrogen and oxygen atoms in total. The van der Waals surface area contributed by atoms with Crippen LogP contribution in [0.5, 0.6) is 5.75 Å². The van der Waals surface area contributed by atoms with E-state index in [1.54, 1.807) is 0 Å². The summed E-state index contributed by atoms with van der Waals surface area (Å²) in [6.07, 6.45) is 5.79. The summed E-state index contributed by atoms with van der Waals surface area (Å²) in [7, 11) is 0. The summed E-state index contributed by atoms with van der Waals surface area (Å²) in [5, 5.41) is 3.15. The van der Waals surface area contributed by atoms with E-state index in [4.69, 9.17) is 4.74 Å². The highest BCUT2D eigenvalue weighted by molar-refractivity contribution is 5.78. The molecule has 0 radical (unpaired) electrons. The van der Waals surface area contributed by atoms with Gasteiger partial charge in [-0.05, 0) is 30.5 Å². The van der Waals surface area contributed by atoms with Crippen molar-refractivity contribution >= 4 is 5.91 Å². The Labute approximate surface area is 164 Å². The van der Waals surface area contributed by atoms with Crippen LogP contribution in [0.25, 0.3) is 0 Å². The highest BCUT2D eigenvalue weighted by Gasteiger charge is 2.20. The van der Waals surface area contributed by atoms with E-state index in [0.29, 0.717) is 6.54 Å². The van der Waals surface area contributed by atoms with E-state index in [1.165, 1.54) is 30.4 Å².